The maximum absolute atomic E-state index is 12.4. The van der Waals surface area contributed by atoms with Crippen LogP contribution in [0.25, 0.3) is 5.69 Å². The highest BCUT2D eigenvalue weighted by Gasteiger charge is 2.16. The summed E-state index contributed by atoms with van der Waals surface area (Å²) in [7, 11) is 1.58. The van der Waals surface area contributed by atoms with Crippen LogP contribution >= 0.6 is 0 Å². The predicted octanol–water partition coefficient (Wildman–Crippen LogP) is 2.48. The Hall–Kier alpha value is -3.35. The van der Waals surface area contributed by atoms with E-state index in [0.29, 0.717) is 17.1 Å². The summed E-state index contributed by atoms with van der Waals surface area (Å²) in [4.78, 5) is 25.8. The summed E-state index contributed by atoms with van der Waals surface area (Å²) < 4.78 is 6.83. The molecule has 0 aliphatic carbocycles. The maximum Gasteiger partial charge on any atom is 0.254 e. The third kappa shape index (κ3) is 3.95. The minimum Gasteiger partial charge on any atom is -0.360 e. The number of anilines is 1. The van der Waals surface area contributed by atoms with E-state index in [-0.39, 0.29) is 18.4 Å². The minimum atomic E-state index is -0.340. The van der Waals surface area contributed by atoms with Crippen LogP contribution in [0, 0.1) is 6.92 Å². The number of amides is 2. The van der Waals surface area contributed by atoms with E-state index in [1.807, 2.05) is 41.2 Å². The zero-order chi connectivity index (χ0) is 17.8. The van der Waals surface area contributed by atoms with Crippen molar-refractivity contribution in [1.29, 1.82) is 0 Å². The molecule has 0 spiro atoms. The van der Waals surface area contributed by atoms with Crippen LogP contribution in [-0.2, 0) is 4.79 Å². The van der Waals surface area contributed by atoms with Crippen molar-refractivity contribution >= 4 is 17.6 Å². The van der Waals surface area contributed by atoms with Crippen molar-refractivity contribution in [3.63, 3.8) is 0 Å². The van der Waals surface area contributed by atoms with Crippen molar-refractivity contribution < 1.29 is 14.1 Å². The van der Waals surface area contributed by atoms with Crippen molar-refractivity contribution in [2.45, 2.75) is 6.92 Å². The molecule has 7 heteroatoms. The number of nitrogens with zero attached hydrogens (tertiary/aromatic N) is 3. The van der Waals surface area contributed by atoms with Crippen LogP contribution < -0.4 is 5.32 Å². The Morgan fingerprint density at radius 3 is 2.48 bits per heavy atom. The van der Waals surface area contributed by atoms with E-state index in [9.17, 15) is 9.59 Å². The fraction of sp³-hybridized carbons (Fsp3) is 0.167. The van der Waals surface area contributed by atoms with E-state index >= 15 is 0 Å². The first-order valence-corrected chi connectivity index (χ1v) is 7.75. The molecule has 3 aromatic rings. The van der Waals surface area contributed by atoms with Gasteiger partial charge in [0.25, 0.3) is 5.91 Å². The van der Waals surface area contributed by atoms with Crippen molar-refractivity contribution in [3.8, 4) is 5.69 Å². The molecule has 0 radical (unpaired) electrons. The molecule has 2 aromatic heterocycles. The van der Waals surface area contributed by atoms with Crippen LogP contribution in [0.5, 0.6) is 0 Å². The Bertz CT molecular complexity index is 866. The summed E-state index contributed by atoms with van der Waals surface area (Å²) in [5, 5.41) is 6.27. The lowest BCUT2D eigenvalue weighted by molar-refractivity contribution is -0.116. The van der Waals surface area contributed by atoms with Gasteiger partial charge < -0.3 is 19.3 Å². The molecule has 25 heavy (non-hydrogen) atoms. The zero-order valence-electron chi connectivity index (χ0n) is 14.0. The Balaban J connectivity index is 1.60. The van der Waals surface area contributed by atoms with E-state index in [1.165, 1.54) is 4.90 Å². The summed E-state index contributed by atoms with van der Waals surface area (Å²) in [6, 6.07) is 12.7. The summed E-state index contributed by atoms with van der Waals surface area (Å²) in [6.07, 6.45) is 3.86. The second-order valence-corrected chi connectivity index (χ2v) is 5.67. The average molecular weight is 338 g/mol. The van der Waals surface area contributed by atoms with E-state index in [2.05, 4.69) is 10.5 Å². The van der Waals surface area contributed by atoms with Crippen molar-refractivity contribution in [2.75, 3.05) is 18.9 Å². The number of hydrogen-bond donors (Lipinski definition) is 1. The SMILES string of the molecule is Cc1cc(NC(=O)CN(C)C(=O)c2ccc(-n3cccc3)cc2)no1. The Kier molecular flexibility index (Phi) is 4.65. The Labute approximate surface area is 144 Å². The highest BCUT2D eigenvalue weighted by molar-refractivity contribution is 5.99. The Morgan fingerprint density at radius 1 is 1.20 bits per heavy atom. The van der Waals surface area contributed by atoms with Crippen LogP contribution in [0.4, 0.5) is 5.82 Å². The molecule has 0 saturated carbocycles. The van der Waals surface area contributed by atoms with Gasteiger partial charge in [-0.2, -0.15) is 0 Å². The average Bonchev–Trinajstić information content (AvgIpc) is 3.26. The molecule has 128 valence electrons. The number of benzene rings is 1. The molecule has 0 saturated heterocycles. The van der Waals surface area contributed by atoms with Gasteiger partial charge in [-0.3, -0.25) is 9.59 Å². The largest absolute Gasteiger partial charge is 0.360 e. The van der Waals surface area contributed by atoms with Crippen LogP contribution in [0.2, 0.25) is 0 Å². The van der Waals surface area contributed by atoms with Crippen LogP contribution in [0.1, 0.15) is 16.1 Å². The number of aromatic nitrogens is 2. The lowest BCUT2D eigenvalue weighted by atomic mass is 10.2. The molecule has 7 nitrogen and oxygen atoms in total. The van der Waals surface area contributed by atoms with Crippen molar-refractivity contribution in [3.05, 3.63) is 66.2 Å². The number of rotatable bonds is 5. The van der Waals surface area contributed by atoms with Crippen LogP contribution in [0.3, 0.4) is 0 Å². The van der Waals surface area contributed by atoms with Crippen LogP contribution in [-0.4, -0.2) is 40.0 Å². The summed E-state index contributed by atoms with van der Waals surface area (Å²) in [5.41, 5.74) is 1.48. The Morgan fingerprint density at radius 2 is 1.88 bits per heavy atom. The maximum atomic E-state index is 12.4. The van der Waals surface area contributed by atoms with E-state index in [1.54, 1.807) is 32.2 Å². The van der Waals surface area contributed by atoms with Gasteiger partial charge in [-0.25, -0.2) is 0 Å². The number of aryl methyl sites for hydroxylation is 1. The normalized spacial score (nSPS) is 10.5. The molecular formula is C18H18N4O3. The van der Waals surface area contributed by atoms with Gasteiger partial charge in [0.2, 0.25) is 5.91 Å². The third-order valence-corrected chi connectivity index (χ3v) is 3.64. The van der Waals surface area contributed by atoms with E-state index < -0.39 is 0 Å². The second-order valence-electron chi connectivity index (χ2n) is 5.67. The van der Waals surface area contributed by atoms with Gasteiger partial charge in [0.15, 0.2) is 5.82 Å². The number of nitrogens with one attached hydrogen (secondary N) is 1. The molecule has 0 aliphatic rings. The van der Waals surface area contributed by atoms with Crippen molar-refractivity contribution in [2.24, 2.45) is 0 Å². The number of carbonyl (C=O) groups excluding carboxylic acids is 2. The molecule has 0 atom stereocenters. The fourth-order valence-corrected chi connectivity index (χ4v) is 2.40. The first-order valence-electron chi connectivity index (χ1n) is 7.75. The molecule has 0 aliphatic heterocycles. The highest BCUT2D eigenvalue weighted by atomic mass is 16.5. The van der Waals surface area contributed by atoms with E-state index in [0.717, 1.165) is 5.69 Å². The van der Waals surface area contributed by atoms with E-state index in [4.69, 9.17) is 4.52 Å². The number of likely N-dealkylation sites (N-methyl/N-ethyl adjacent to an activating group) is 1. The number of hydrogen-bond acceptors (Lipinski definition) is 4. The number of carbonyl (C=O) groups is 2. The van der Waals surface area contributed by atoms with Gasteiger partial charge in [0, 0.05) is 36.8 Å². The zero-order valence-corrected chi connectivity index (χ0v) is 14.0. The smallest absolute Gasteiger partial charge is 0.254 e. The van der Waals surface area contributed by atoms with Gasteiger partial charge in [-0.1, -0.05) is 5.16 Å². The van der Waals surface area contributed by atoms with Gasteiger partial charge >= 0.3 is 0 Å². The quantitative estimate of drug-likeness (QED) is 0.775. The van der Waals surface area contributed by atoms with Gasteiger partial charge in [-0.05, 0) is 43.3 Å². The molecule has 1 N–H and O–H groups in total. The van der Waals surface area contributed by atoms with Crippen LogP contribution in [0.15, 0.2) is 59.4 Å². The monoisotopic (exact) mass is 338 g/mol. The summed E-state index contributed by atoms with van der Waals surface area (Å²) in [5.74, 6) is 0.362. The molecule has 2 heterocycles. The lowest BCUT2D eigenvalue weighted by Gasteiger charge is -2.16. The standard InChI is InChI=1S/C18H18N4O3/c1-13-11-16(20-25-13)19-17(23)12-21(2)18(24)14-5-7-15(8-6-14)22-9-3-4-10-22/h3-11H,12H2,1-2H3,(H,19,20,23). The first kappa shape index (κ1) is 16.5. The second kappa shape index (κ2) is 7.04. The molecule has 0 unspecified atom stereocenters. The molecule has 2 amide bonds. The first-order chi connectivity index (χ1) is 12.0. The summed E-state index contributed by atoms with van der Waals surface area (Å²) in [6.45, 7) is 1.65. The molecule has 0 fully saturated rings. The third-order valence-electron chi connectivity index (χ3n) is 3.64. The fourth-order valence-electron chi connectivity index (χ4n) is 2.40. The lowest BCUT2D eigenvalue weighted by Crippen LogP contribution is -2.35. The van der Waals surface area contributed by atoms with Crippen molar-refractivity contribution in [1.82, 2.24) is 14.6 Å². The molecule has 0 bridgehead atoms. The topological polar surface area (TPSA) is 80.4 Å². The summed E-state index contributed by atoms with van der Waals surface area (Å²) >= 11 is 0. The predicted molar refractivity (Wildman–Crippen MR) is 92.6 cm³/mol. The molecule has 1 aromatic carbocycles. The van der Waals surface area contributed by atoms with Gasteiger partial charge in [0.1, 0.15) is 5.76 Å². The minimum absolute atomic E-state index is 0.0793. The van der Waals surface area contributed by atoms with Gasteiger partial charge in [0.05, 0.1) is 6.54 Å². The van der Waals surface area contributed by atoms with Gasteiger partial charge in [-0.15, -0.1) is 0 Å². The molecular weight excluding hydrogens is 320 g/mol. The highest BCUT2D eigenvalue weighted by Crippen LogP contribution is 2.12. The molecule has 3 rings (SSSR count).